The van der Waals surface area contributed by atoms with Gasteiger partial charge in [0.05, 0.1) is 18.3 Å². The van der Waals surface area contributed by atoms with Crippen LogP contribution in [0.25, 0.3) is 0 Å². The van der Waals surface area contributed by atoms with Gasteiger partial charge >= 0.3 is 0 Å². The van der Waals surface area contributed by atoms with E-state index in [1.54, 1.807) is 0 Å². The average Bonchev–Trinajstić information content (AvgIpc) is 2.56. The maximum absolute atomic E-state index is 11.5. The molecule has 2 atom stereocenters. The van der Waals surface area contributed by atoms with Crippen LogP contribution >= 0.6 is 0 Å². The predicted molar refractivity (Wildman–Crippen MR) is 47.5 cm³/mol. The maximum Gasteiger partial charge on any atom is 0.254 e. The fraction of sp³-hybridized carbons (Fsp3) is 0.778. The van der Waals surface area contributed by atoms with Gasteiger partial charge in [-0.15, -0.1) is 0 Å². The fourth-order valence-electron chi connectivity index (χ4n) is 2.41. The van der Waals surface area contributed by atoms with Crippen LogP contribution in [-0.2, 0) is 9.53 Å². The number of nitrogens with one attached hydrogen (secondary N) is 1. The molecule has 2 bridgehead atoms. The molecule has 2 rings (SSSR count). The molecule has 0 spiro atoms. The molecule has 0 aromatic heterocycles. The van der Waals surface area contributed by atoms with E-state index >= 15 is 0 Å². The molecule has 2 unspecified atom stereocenters. The van der Waals surface area contributed by atoms with Gasteiger partial charge in [0.1, 0.15) is 5.41 Å². The summed E-state index contributed by atoms with van der Waals surface area (Å²) in [5, 5.41) is 9.08. The van der Waals surface area contributed by atoms with Crippen molar-refractivity contribution in [2.24, 2.45) is 11.3 Å². The van der Waals surface area contributed by atoms with E-state index in [1.807, 2.05) is 0 Å². The van der Waals surface area contributed by atoms with Gasteiger partial charge in [0.25, 0.3) is 5.91 Å². The molecular weight excluding hydrogens is 182 g/mol. The summed E-state index contributed by atoms with van der Waals surface area (Å²) >= 11 is 0. The van der Waals surface area contributed by atoms with Crippen LogP contribution in [0.3, 0.4) is 0 Å². The molecule has 5 heteroatoms. The van der Waals surface area contributed by atoms with Crippen molar-refractivity contribution >= 4 is 5.91 Å². The van der Waals surface area contributed by atoms with Crippen LogP contribution in [0.5, 0.6) is 0 Å². The van der Waals surface area contributed by atoms with Crippen LogP contribution in [0.15, 0.2) is 0 Å². The molecule has 1 amide bonds. The second-order valence-corrected chi connectivity index (χ2v) is 4.03. The Balaban J connectivity index is 2.22. The number of amides is 1. The Bertz CT molecular complexity index is 285. The van der Waals surface area contributed by atoms with Gasteiger partial charge in [0.2, 0.25) is 0 Å². The first kappa shape index (κ1) is 9.44. The number of fused-ring (bicyclic) bond motifs is 2. The Morgan fingerprint density at radius 2 is 2.07 bits per heavy atom. The zero-order valence-corrected chi connectivity index (χ0v) is 7.82. The summed E-state index contributed by atoms with van der Waals surface area (Å²) in [5.74, 6) is 4.71. The monoisotopic (exact) mass is 195 g/mol. The van der Waals surface area contributed by atoms with Gasteiger partial charge in [-0.3, -0.25) is 10.2 Å². The van der Waals surface area contributed by atoms with E-state index in [4.69, 9.17) is 15.8 Å². The van der Waals surface area contributed by atoms with Crippen LogP contribution in [0.1, 0.15) is 25.7 Å². The van der Waals surface area contributed by atoms with Gasteiger partial charge in [-0.2, -0.15) is 5.26 Å². The summed E-state index contributed by atoms with van der Waals surface area (Å²) in [7, 11) is 0. The minimum atomic E-state index is -0.959. The van der Waals surface area contributed by atoms with Crippen molar-refractivity contribution in [1.29, 1.82) is 5.26 Å². The molecular formula is C9H13N3O2. The van der Waals surface area contributed by atoms with E-state index in [0.29, 0.717) is 12.8 Å². The van der Waals surface area contributed by atoms with Crippen molar-refractivity contribution < 1.29 is 9.53 Å². The summed E-state index contributed by atoms with van der Waals surface area (Å²) in [6, 6.07) is 2.10. The molecule has 2 heterocycles. The fourth-order valence-corrected chi connectivity index (χ4v) is 2.41. The zero-order valence-electron chi connectivity index (χ0n) is 7.82. The number of hydrogen-bond donors (Lipinski definition) is 2. The third-order valence-corrected chi connectivity index (χ3v) is 3.13. The molecule has 76 valence electrons. The van der Waals surface area contributed by atoms with E-state index in [-0.39, 0.29) is 18.1 Å². The van der Waals surface area contributed by atoms with Crippen LogP contribution in [-0.4, -0.2) is 18.1 Å². The lowest BCUT2D eigenvalue weighted by molar-refractivity contribution is -0.136. The minimum Gasteiger partial charge on any atom is -0.375 e. The molecule has 2 aliphatic rings. The first-order chi connectivity index (χ1) is 6.70. The van der Waals surface area contributed by atoms with Crippen molar-refractivity contribution in [2.45, 2.75) is 37.9 Å². The lowest BCUT2D eigenvalue weighted by Gasteiger charge is -2.33. The average molecular weight is 195 g/mol. The highest BCUT2D eigenvalue weighted by Crippen LogP contribution is 2.43. The van der Waals surface area contributed by atoms with Crippen LogP contribution in [0.2, 0.25) is 0 Å². The number of nitrogens with zero attached hydrogens (tertiary/aromatic N) is 1. The third-order valence-electron chi connectivity index (χ3n) is 3.13. The van der Waals surface area contributed by atoms with Crippen molar-refractivity contribution in [3.8, 4) is 6.07 Å². The molecule has 0 saturated carbocycles. The van der Waals surface area contributed by atoms with Gasteiger partial charge in [-0.05, 0) is 12.8 Å². The Kier molecular flexibility index (Phi) is 2.17. The smallest absolute Gasteiger partial charge is 0.254 e. The van der Waals surface area contributed by atoms with E-state index < -0.39 is 5.41 Å². The number of carbonyl (C=O) groups excluding carboxylic acids is 1. The van der Waals surface area contributed by atoms with Gasteiger partial charge in [-0.25, -0.2) is 5.84 Å². The van der Waals surface area contributed by atoms with E-state index in [1.165, 1.54) is 0 Å². The summed E-state index contributed by atoms with van der Waals surface area (Å²) in [6.07, 6.45) is 2.97. The number of carbonyl (C=O) groups is 1. The quantitative estimate of drug-likeness (QED) is 0.345. The highest BCUT2D eigenvalue weighted by Gasteiger charge is 2.49. The molecule has 0 aliphatic carbocycles. The number of nitriles is 1. The molecule has 2 aliphatic heterocycles. The summed E-state index contributed by atoms with van der Waals surface area (Å²) in [6.45, 7) is 0. The van der Waals surface area contributed by atoms with E-state index in [2.05, 4.69) is 11.5 Å². The third kappa shape index (κ3) is 1.27. The maximum atomic E-state index is 11.5. The number of hydrogen-bond acceptors (Lipinski definition) is 4. The number of ether oxygens (including phenoxy) is 1. The van der Waals surface area contributed by atoms with Gasteiger partial charge in [-0.1, -0.05) is 0 Å². The molecule has 0 aromatic carbocycles. The van der Waals surface area contributed by atoms with Gasteiger partial charge < -0.3 is 4.74 Å². The predicted octanol–water partition coefficient (Wildman–Crippen LogP) is -0.172. The molecule has 2 saturated heterocycles. The second-order valence-electron chi connectivity index (χ2n) is 4.03. The highest BCUT2D eigenvalue weighted by atomic mass is 16.5. The first-order valence-electron chi connectivity index (χ1n) is 4.78. The summed E-state index contributed by atoms with van der Waals surface area (Å²) in [4.78, 5) is 11.5. The van der Waals surface area contributed by atoms with Crippen LogP contribution < -0.4 is 11.3 Å². The van der Waals surface area contributed by atoms with Gasteiger partial charge in [0, 0.05) is 12.8 Å². The largest absolute Gasteiger partial charge is 0.375 e. The van der Waals surface area contributed by atoms with Crippen LogP contribution in [0, 0.1) is 16.7 Å². The Labute approximate surface area is 82.2 Å². The number of hydrazine groups is 1. The molecule has 3 N–H and O–H groups in total. The zero-order chi connectivity index (χ0) is 10.2. The van der Waals surface area contributed by atoms with Gasteiger partial charge in [0.15, 0.2) is 0 Å². The molecule has 0 radical (unpaired) electrons. The van der Waals surface area contributed by atoms with E-state index in [0.717, 1.165) is 12.8 Å². The number of nitrogens with two attached hydrogens (primary N) is 1. The minimum absolute atomic E-state index is 0.0608. The summed E-state index contributed by atoms with van der Waals surface area (Å²) < 4.78 is 5.58. The second kappa shape index (κ2) is 3.23. The molecule has 2 fully saturated rings. The molecule has 5 nitrogen and oxygen atoms in total. The van der Waals surface area contributed by atoms with Crippen molar-refractivity contribution in [3.05, 3.63) is 0 Å². The lowest BCUT2D eigenvalue weighted by atomic mass is 9.78. The molecule has 0 aromatic rings. The molecule has 14 heavy (non-hydrogen) atoms. The lowest BCUT2D eigenvalue weighted by Crippen LogP contribution is -2.48. The number of rotatable bonds is 1. The summed E-state index contributed by atoms with van der Waals surface area (Å²) in [5.41, 5.74) is 1.12. The van der Waals surface area contributed by atoms with E-state index in [9.17, 15) is 4.79 Å². The Morgan fingerprint density at radius 1 is 1.50 bits per heavy atom. The SMILES string of the molecule is N#CC1(C(=O)NN)CC2CCC(C1)O2. The standard InChI is InChI=1S/C9H13N3O2/c10-5-9(8(13)12-11)3-6-1-2-7(4-9)14-6/h6-7H,1-4,11H2,(H,12,13). The van der Waals surface area contributed by atoms with Crippen molar-refractivity contribution in [2.75, 3.05) is 0 Å². The first-order valence-corrected chi connectivity index (χ1v) is 4.78. The van der Waals surface area contributed by atoms with Crippen LogP contribution in [0.4, 0.5) is 0 Å². The topological polar surface area (TPSA) is 88.1 Å². The van der Waals surface area contributed by atoms with Crippen molar-refractivity contribution in [1.82, 2.24) is 5.43 Å². The Morgan fingerprint density at radius 3 is 2.50 bits per heavy atom. The Hall–Kier alpha value is -1.12. The van der Waals surface area contributed by atoms with Crippen molar-refractivity contribution in [3.63, 3.8) is 0 Å². The normalized spacial score (nSPS) is 40.3. The highest BCUT2D eigenvalue weighted by molar-refractivity contribution is 5.85.